The van der Waals surface area contributed by atoms with Crippen molar-refractivity contribution in [1.29, 1.82) is 0 Å². The summed E-state index contributed by atoms with van der Waals surface area (Å²) < 4.78 is 32.7. The van der Waals surface area contributed by atoms with Gasteiger partial charge < -0.3 is 10.1 Å². The van der Waals surface area contributed by atoms with Crippen LogP contribution >= 0.6 is 0 Å². The standard InChI is InChI=1S/C19H31N3O3S/c23-26(24,22-13-5-2-6-14-22)18-10-11-19(21-16-18)20-12-7-15-25-17-8-3-1-4-9-17/h10-11,16-17H,1-9,12-15H2,(H,20,21). The molecule has 1 aromatic rings. The molecule has 0 radical (unpaired) electrons. The molecule has 7 heteroatoms. The van der Waals surface area contributed by atoms with E-state index in [1.807, 2.05) is 0 Å². The molecule has 1 saturated heterocycles. The van der Waals surface area contributed by atoms with Gasteiger partial charge in [0.05, 0.1) is 6.10 Å². The largest absolute Gasteiger partial charge is 0.378 e. The van der Waals surface area contributed by atoms with Gasteiger partial charge in [0.25, 0.3) is 0 Å². The van der Waals surface area contributed by atoms with Gasteiger partial charge in [0.2, 0.25) is 10.0 Å². The monoisotopic (exact) mass is 381 g/mol. The first kappa shape index (κ1) is 19.6. The van der Waals surface area contributed by atoms with E-state index in [-0.39, 0.29) is 4.90 Å². The Morgan fingerprint density at radius 2 is 1.81 bits per heavy atom. The van der Waals surface area contributed by atoms with Gasteiger partial charge in [0.15, 0.2) is 0 Å². The van der Waals surface area contributed by atoms with Crippen LogP contribution in [0, 0.1) is 0 Å². The van der Waals surface area contributed by atoms with Gasteiger partial charge in [-0.1, -0.05) is 25.7 Å². The maximum absolute atomic E-state index is 12.6. The number of aromatic nitrogens is 1. The Balaban J connectivity index is 1.41. The highest BCUT2D eigenvalue weighted by molar-refractivity contribution is 7.89. The maximum atomic E-state index is 12.6. The minimum Gasteiger partial charge on any atom is -0.378 e. The third-order valence-corrected chi connectivity index (χ3v) is 7.10. The summed E-state index contributed by atoms with van der Waals surface area (Å²) in [5, 5.41) is 3.24. The van der Waals surface area contributed by atoms with Gasteiger partial charge in [-0.25, -0.2) is 13.4 Å². The van der Waals surface area contributed by atoms with Crippen LogP contribution in [0.3, 0.4) is 0 Å². The lowest BCUT2D eigenvalue weighted by Gasteiger charge is -2.25. The topological polar surface area (TPSA) is 71.5 Å². The molecule has 0 aromatic carbocycles. The predicted molar refractivity (Wildman–Crippen MR) is 103 cm³/mol. The molecule has 0 unspecified atom stereocenters. The molecule has 6 nitrogen and oxygen atoms in total. The van der Waals surface area contributed by atoms with Crippen LogP contribution in [0.15, 0.2) is 23.2 Å². The van der Waals surface area contributed by atoms with E-state index >= 15 is 0 Å². The molecule has 1 saturated carbocycles. The maximum Gasteiger partial charge on any atom is 0.244 e. The Morgan fingerprint density at radius 3 is 2.50 bits per heavy atom. The summed E-state index contributed by atoms with van der Waals surface area (Å²) >= 11 is 0. The van der Waals surface area contributed by atoms with Crippen molar-refractivity contribution < 1.29 is 13.2 Å². The summed E-state index contributed by atoms with van der Waals surface area (Å²) in [4.78, 5) is 4.55. The molecule has 0 bridgehead atoms. The number of rotatable bonds is 8. The number of anilines is 1. The van der Waals surface area contributed by atoms with Crippen LogP contribution in [-0.4, -0.2) is 50.1 Å². The van der Waals surface area contributed by atoms with E-state index in [2.05, 4.69) is 10.3 Å². The zero-order valence-corrected chi connectivity index (χ0v) is 16.3. The Morgan fingerprint density at radius 1 is 1.08 bits per heavy atom. The molecule has 3 rings (SSSR count). The lowest BCUT2D eigenvalue weighted by Crippen LogP contribution is -2.35. The van der Waals surface area contributed by atoms with Crippen LogP contribution in [0.2, 0.25) is 0 Å². The summed E-state index contributed by atoms with van der Waals surface area (Å²) in [7, 11) is -3.40. The van der Waals surface area contributed by atoms with E-state index < -0.39 is 10.0 Å². The molecular weight excluding hydrogens is 350 g/mol. The van der Waals surface area contributed by atoms with Crippen molar-refractivity contribution in [2.45, 2.75) is 68.8 Å². The van der Waals surface area contributed by atoms with Crippen molar-refractivity contribution in [1.82, 2.24) is 9.29 Å². The molecule has 2 aliphatic rings. The number of pyridine rings is 1. The summed E-state index contributed by atoms with van der Waals surface area (Å²) in [5.74, 6) is 0.709. The summed E-state index contributed by atoms with van der Waals surface area (Å²) in [5.41, 5.74) is 0. The first-order valence-electron chi connectivity index (χ1n) is 9.98. The number of piperidine rings is 1. The normalized spacial score (nSPS) is 20.2. The molecule has 0 amide bonds. The van der Waals surface area contributed by atoms with E-state index in [1.54, 1.807) is 16.4 Å². The quantitative estimate of drug-likeness (QED) is 0.699. The highest BCUT2D eigenvalue weighted by Gasteiger charge is 2.26. The van der Waals surface area contributed by atoms with Crippen molar-refractivity contribution >= 4 is 15.8 Å². The second kappa shape index (κ2) is 9.67. The minimum absolute atomic E-state index is 0.283. The van der Waals surface area contributed by atoms with Crippen molar-refractivity contribution in [3.8, 4) is 0 Å². The lowest BCUT2D eigenvalue weighted by atomic mass is 9.98. The fraction of sp³-hybridized carbons (Fsp3) is 0.737. The number of nitrogens with zero attached hydrogens (tertiary/aromatic N) is 2. The van der Waals surface area contributed by atoms with Gasteiger partial charge in [-0.15, -0.1) is 0 Å². The van der Waals surface area contributed by atoms with Crippen LogP contribution in [0.25, 0.3) is 0 Å². The van der Waals surface area contributed by atoms with E-state index in [0.29, 0.717) is 25.0 Å². The predicted octanol–water partition coefficient (Wildman–Crippen LogP) is 3.41. The zero-order chi connectivity index (χ0) is 18.2. The second-order valence-electron chi connectivity index (χ2n) is 7.26. The zero-order valence-electron chi connectivity index (χ0n) is 15.5. The average molecular weight is 382 g/mol. The van der Waals surface area contributed by atoms with E-state index in [4.69, 9.17) is 4.74 Å². The second-order valence-corrected chi connectivity index (χ2v) is 9.19. The van der Waals surface area contributed by atoms with Crippen LogP contribution in [0.5, 0.6) is 0 Å². The number of sulfonamides is 1. The molecule has 146 valence electrons. The van der Waals surface area contributed by atoms with E-state index in [9.17, 15) is 8.42 Å². The summed E-state index contributed by atoms with van der Waals surface area (Å²) in [6.45, 7) is 2.77. The molecule has 1 aliphatic heterocycles. The first-order valence-corrected chi connectivity index (χ1v) is 11.4. The number of ether oxygens (including phenoxy) is 1. The Hall–Kier alpha value is -1.18. The summed E-state index contributed by atoms with van der Waals surface area (Å²) in [6, 6.07) is 3.40. The fourth-order valence-electron chi connectivity index (χ4n) is 3.66. The summed E-state index contributed by atoms with van der Waals surface area (Å²) in [6.07, 6.45) is 12.1. The molecule has 1 aromatic heterocycles. The van der Waals surface area contributed by atoms with Gasteiger partial charge >= 0.3 is 0 Å². The Bertz CT molecular complexity index is 636. The molecule has 0 atom stereocenters. The van der Waals surface area contributed by atoms with Crippen molar-refractivity contribution in [3.05, 3.63) is 18.3 Å². The third-order valence-electron chi connectivity index (χ3n) is 5.22. The number of hydrogen-bond donors (Lipinski definition) is 1. The van der Waals surface area contributed by atoms with Gasteiger partial charge in [0, 0.05) is 32.4 Å². The molecule has 1 N–H and O–H groups in total. The minimum atomic E-state index is -3.40. The van der Waals surface area contributed by atoms with Gasteiger partial charge in [-0.2, -0.15) is 4.31 Å². The van der Waals surface area contributed by atoms with Crippen LogP contribution in [0.4, 0.5) is 5.82 Å². The first-order chi connectivity index (χ1) is 12.7. The fourth-order valence-corrected chi connectivity index (χ4v) is 5.13. The number of nitrogens with one attached hydrogen (secondary N) is 1. The highest BCUT2D eigenvalue weighted by atomic mass is 32.2. The van der Waals surface area contributed by atoms with Gasteiger partial charge in [-0.05, 0) is 44.2 Å². The SMILES string of the molecule is O=S(=O)(c1ccc(NCCCOC2CCCCC2)nc1)N1CCCCC1. The molecular formula is C19H31N3O3S. The molecule has 2 heterocycles. The Kier molecular flexibility index (Phi) is 7.28. The highest BCUT2D eigenvalue weighted by Crippen LogP contribution is 2.21. The van der Waals surface area contributed by atoms with E-state index in [1.165, 1.54) is 38.3 Å². The van der Waals surface area contributed by atoms with Crippen molar-refractivity contribution in [3.63, 3.8) is 0 Å². The lowest BCUT2D eigenvalue weighted by molar-refractivity contribution is 0.0284. The molecule has 0 spiro atoms. The van der Waals surface area contributed by atoms with Crippen molar-refractivity contribution in [2.24, 2.45) is 0 Å². The van der Waals surface area contributed by atoms with Gasteiger partial charge in [-0.3, -0.25) is 0 Å². The van der Waals surface area contributed by atoms with Crippen LogP contribution < -0.4 is 5.32 Å². The third kappa shape index (κ3) is 5.41. The van der Waals surface area contributed by atoms with Crippen LogP contribution in [0.1, 0.15) is 57.8 Å². The smallest absolute Gasteiger partial charge is 0.244 e. The molecule has 26 heavy (non-hydrogen) atoms. The average Bonchev–Trinajstić information content (AvgIpc) is 2.69. The Labute approximate surface area is 157 Å². The molecule has 1 aliphatic carbocycles. The van der Waals surface area contributed by atoms with Crippen LogP contribution in [-0.2, 0) is 14.8 Å². The number of hydrogen-bond acceptors (Lipinski definition) is 5. The van der Waals surface area contributed by atoms with Crippen molar-refractivity contribution in [2.75, 3.05) is 31.6 Å². The van der Waals surface area contributed by atoms with Gasteiger partial charge in [0.1, 0.15) is 10.7 Å². The van der Waals surface area contributed by atoms with E-state index in [0.717, 1.165) is 38.8 Å². The molecule has 2 fully saturated rings.